The maximum absolute atomic E-state index is 12.8. The second-order valence-corrected chi connectivity index (χ2v) is 4.60. The molecule has 0 aromatic heterocycles. The molecule has 0 aliphatic carbocycles. The smallest absolute Gasteiger partial charge is 0.173 e. The number of halogens is 2. The Morgan fingerprint density at radius 3 is 2.53 bits per heavy atom. The molecular formula is C13H10BrFN2O2. The molecule has 0 spiro atoms. The van der Waals surface area contributed by atoms with E-state index >= 15 is 0 Å². The van der Waals surface area contributed by atoms with Gasteiger partial charge in [0, 0.05) is 4.47 Å². The van der Waals surface area contributed by atoms with E-state index in [9.17, 15) is 4.39 Å². The van der Waals surface area contributed by atoms with Gasteiger partial charge < -0.3 is 15.7 Å². The summed E-state index contributed by atoms with van der Waals surface area (Å²) in [6.45, 7) is 0. The molecule has 0 unspecified atom stereocenters. The zero-order valence-corrected chi connectivity index (χ0v) is 11.3. The topological polar surface area (TPSA) is 67.8 Å². The van der Waals surface area contributed by atoms with Gasteiger partial charge in [-0.05, 0) is 42.5 Å². The van der Waals surface area contributed by atoms with Crippen LogP contribution < -0.4 is 10.5 Å². The number of amidine groups is 1. The van der Waals surface area contributed by atoms with E-state index in [2.05, 4.69) is 21.1 Å². The van der Waals surface area contributed by atoms with Crippen molar-refractivity contribution in [2.24, 2.45) is 10.9 Å². The van der Waals surface area contributed by atoms with Gasteiger partial charge in [0.2, 0.25) is 0 Å². The summed E-state index contributed by atoms with van der Waals surface area (Å²) >= 11 is 3.29. The molecule has 2 aromatic rings. The SMILES string of the molecule is N/C(=N/O)c1cc(Br)ccc1Oc1ccc(F)cc1. The van der Waals surface area contributed by atoms with Gasteiger partial charge in [-0.3, -0.25) is 0 Å². The third-order valence-electron chi connectivity index (χ3n) is 2.37. The van der Waals surface area contributed by atoms with E-state index in [1.54, 1.807) is 18.2 Å². The number of rotatable bonds is 3. The molecule has 0 aliphatic rings. The first-order valence-corrected chi connectivity index (χ1v) is 6.10. The van der Waals surface area contributed by atoms with Gasteiger partial charge in [-0.2, -0.15) is 0 Å². The Morgan fingerprint density at radius 2 is 1.89 bits per heavy atom. The Hall–Kier alpha value is -2.08. The number of benzene rings is 2. The highest BCUT2D eigenvalue weighted by molar-refractivity contribution is 9.10. The van der Waals surface area contributed by atoms with Crippen molar-refractivity contribution in [1.29, 1.82) is 0 Å². The first kappa shape index (κ1) is 13.4. The fourth-order valence-corrected chi connectivity index (χ4v) is 1.84. The van der Waals surface area contributed by atoms with Crippen LogP contribution in [0, 0.1) is 5.82 Å². The summed E-state index contributed by atoms with van der Waals surface area (Å²) in [5.74, 6) is 0.444. The predicted molar refractivity (Wildman–Crippen MR) is 73.1 cm³/mol. The Balaban J connectivity index is 2.37. The van der Waals surface area contributed by atoms with Crippen molar-refractivity contribution >= 4 is 21.8 Å². The summed E-state index contributed by atoms with van der Waals surface area (Å²) in [5, 5.41) is 11.7. The molecule has 3 N–H and O–H groups in total. The van der Waals surface area contributed by atoms with E-state index in [0.717, 1.165) is 4.47 Å². The standard InChI is InChI=1S/C13H10BrFN2O2/c14-8-1-6-12(11(7-8)13(16)17-18)19-10-4-2-9(15)3-5-10/h1-7,18H,(H2,16,17). The fourth-order valence-electron chi connectivity index (χ4n) is 1.47. The van der Waals surface area contributed by atoms with E-state index in [1.165, 1.54) is 24.3 Å². The van der Waals surface area contributed by atoms with Gasteiger partial charge in [-0.15, -0.1) is 0 Å². The van der Waals surface area contributed by atoms with Crippen molar-refractivity contribution in [2.45, 2.75) is 0 Å². The highest BCUT2D eigenvalue weighted by Gasteiger charge is 2.10. The zero-order valence-electron chi connectivity index (χ0n) is 9.68. The Labute approximate surface area is 117 Å². The third-order valence-corrected chi connectivity index (χ3v) is 2.86. The van der Waals surface area contributed by atoms with Crippen LogP contribution in [0.25, 0.3) is 0 Å². The molecule has 0 heterocycles. The molecule has 98 valence electrons. The summed E-state index contributed by atoms with van der Waals surface area (Å²) in [6, 6.07) is 10.7. The number of hydrogen-bond acceptors (Lipinski definition) is 3. The van der Waals surface area contributed by atoms with E-state index in [-0.39, 0.29) is 11.7 Å². The molecule has 0 aliphatic heterocycles. The summed E-state index contributed by atoms with van der Waals surface area (Å²) in [5.41, 5.74) is 6.01. The minimum atomic E-state index is -0.347. The monoisotopic (exact) mass is 324 g/mol. The minimum Gasteiger partial charge on any atom is -0.457 e. The molecule has 4 nitrogen and oxygen atoms in total. The molecule has 0 radical (unpaired) electrons. The van der Waals surface area contributed by atoms with Crippen LogP contribution >= 0.6 is 15.9 Å². The summed E-state index contributed by atoms with van der Waals surface area (Å²) < 4.78 is 19.2. The van der Waals surface area contributed by atoms with Crippen LogP contribution in [0.15, 0.2) is 52.1 Å². The van der Waals surface area contributed by atoms with Gasteiger partial charge in [0.15, 0.2) is 5.84 Å². The molecule has 2 aromatic carbocycles. The fraction of sp³-hybridized carbons (Fsp3) is 0. The predicted octanol–water partition coefficient (Wildman–Crippen LogP) is 3.48. The second-order valence-electron chi connectivity index (χ2n) is 3.68. The van der Waals surface area contributed by atoms with Crippen LogP contribution in [0.3, 0.4) is 0 Å². The maximum Gasteiger partial charge on any atom is 0.173 e. The molecule has 0 bridgehead atoms. The molecule has 19 heavy (non-hydrogen) atoms. The third kappa shape index (κ3) is 3.23. The first-order chi connectivity index (χ1) is 9.10. The van der Waals surface area contributed by atoms with Crippen molar-refractivity contribution in [1.82, 2.24) is 0 Å². The molecule has 6 heteroatoms. The number of nitrogens with two attached hydrogens (primary N) is 1. The van der Waals surface area contributed by atoms with E-state index in [1.807, 2.05) is 0 Å². The quantitative estimate of drug-likeness (QED) is 0.393. The molecule has 0 saturated heterocycles. The van der Waals surface area contributed by atoms with Gasteiger partial charge in [0.25, 0.3) is 0 Å². The van der Waals surface area contributed by atoms with Crippen molar-refractivity contribution < 1.29 is 14.3 Å². The number of oxime groups is 1. The Bertz CT molecular complexity index is 615. The average Bonchev–Trinajstić information content (AvgIpc) is 2.42. The molecule has 2 rings (SSSR count). The van der Waals surface area contributed by atoms with Crippen molar-refractivity contribution in [3.05, 3.63) is 58.3 Å². The lowest BCUT2D eigenvalue weighted by Crippen LogP contribution is -2.14. The average molecular weight is 325 g/mol. The first-order valence-electron chi connectivity index (χ1n) is 5.31. The van der Waals surface area contributed by atoms with Crippen LogP contribution in [-0.4, -0.2) is 11.0 Å². The molecular weight excluding hydrogens is 315 g/mol. The van der Waals surface area contributed by atoms with Gasteiger partial charge >= 0.3 is 0 Å². The molecule has 0 fully saturated rings. The number of ether oxygens (including phenoxy) is 1. The lowest BCUT2D eigenvalue weighted by molar-refractivity contribution is 0.318. The Morgan fingerprint density at radius 1 is 1.21 bits per heavy atom. The van der Waals surface area contributed by atoms with Crippen LogP contribution in [-0.2, 0) is 0 Å². The minimum absolute atomic E-state index is 0.0709. The van der Waals surface area contributed by atoms with Gasteiger partial charge in [0.1, 0.15) is 17.3 Å². The van der Waals surface area contributed by atoms with Crippen LogP contribution in [0.2, 0.25) is 0 Å². The number of nitrogens with zero attached hydrogens (tertiary/aromatic N) is 1. The summed E-state index contributed by atoms with van der Waals surface area (Å²) in [6.07, 6.45) is 0. The van der Waals surface area contributed by atoms with Gasteiger partial charge in [0.05, 0.1) is 5.56 Å². The molecule has 0 atom stereocenters. The normalized spacial score (nSPS) is 11.4. The summed E-state index contributed by atoms with van der Waals surface area (Å²) in [7, 11) is 0. The van der Waals surface area contributed by atoms with Crippen molar-refractivity contribution in [3.8, 4) is 11.5 Å². The van der Waals surface area contributed by atoms with E-state index in [4.69, 9.17) is 15.7 Å². The lowest BCUT2D eigenvalue weighted by Gasteiger charge is -2.10. The van der Waals surface area contributed by atoms with Crippen molar-refractivity contribution in [3.63, 3.8) is 0 Å². The second kappa shape index (κ2) is 5.71. The molecule has 0 amide bonds. The van der Waals surface area contributed by atoms with Crippen LogP contribution in [0.5, 0.6) is 11.5 Å². The maximum atomic E-state index is 12.8. The van der Waals surface area contributed by atoms with Crippen LogP contribution in [0.1, 0.15) is 5.56 Å². The number of hydrogen-bond donors (Lipinski definition) is 2. The van der Waals surface area contributed by atoms with Gasteiger partial charge in [-0.25, -0.2) is 4.39 Å². The van der Waals surface area contributed by atoms with Crippen molar-refractivity contribution in [2.75, 3.05) is 0 Å². The lowest BCUT2D eigenvalue weighted by atomic mass is 10.2. The largest absolute Gasteiger partial charge is 0.457 e. The molecule has 0 saturated carbocycles. The van der Waals surface area contributed by atoms with E-state index in [0.29, 0.717) is 17.1 Å². The highest BCUT2D eigenvalue weighted by Crippen LogP contribution is 2.28. The Kier molecular flexibility index (Phi) is 4.01. The van der Waals surface area contributed by atoms with Gasteiger partial charge in [-0.1, -0.05) is 21.1 Å². The highest BCUT2D eigenvalue weighted by atomic mass is 79.9. The zero-order chi connectivity index (χ0) is 13.8. The van der Waals surface area contributed by atoms with Crippen LogP contribution in [0.4, 0.5) is 4.39 Å². The summed E-state index contributed by atoms with van der Waals surface area (Å²) in [4.78, 5) is 0. The van der Waals surface area contributed by atoms with E-state index < -0.39 is 0 Å².